The molecule has 2 N–H and O–H groups in total. The number of nitrogens with zero attached hydrogens (tertiary/aromatic N) is 2. The Bertz CT molecular complexity index is 757. The van der Waals surface area contributed by atoms with Crippen LogP contribution in [0.2, 0.25) is 0 Å². The van der Waals surface area contributed by atoms with E-state index in [2.05, 4.69) is 47.4 Å². The van der Waals surface area contributed by atoms with Gasteiger partial charge in [-0.2, -0.15) is 0 Å². The van der Waals surface area contributed by atoms with Gasteiger partial charge in [0.25, 0.3) is 5.91 Å². The molecule has 1 amide bonds. The summed E-state index contributed by atoms with van der Waals surface area (Å²) in [6.45, 7) is 6.54. The lowest BCUT2D eigenvalue weighted by molar-refractivity contribution is 0.0928. The lowest BCUT2D eigenvalue weighted by Gasteiger charge is -2.23. The van der Waals surface area contributed by atoms with Crippen LogP contribution in [0.5, 0.6) is 0 Å². The predicted octanol–water partition coefficient (Wildman–Crippen LogP) is 4.97. The fraction of sp³-hybridized carbons (Fsp3) is 0.500. The lowest BCUT2D eigenvalue weighted by atomic mass is 9.86. The maximum atomic E-state index is 12.4. The minimum atomic E-state index is -0.129. The third kappa shape index (κ3) is 5.28. The zero-order chi connectivity index (χ0) is 19.3. The molecule has 0 saturated heterocycles. The number of anilines is 2. The Balaban J connectivity index is 1.66. The standard InChI is InChI=1S/C22H30N4O/c1-22(2,3)17-12-8-9-13-18(17)26-20-15-23-19(14-24-20)21(27)25-16-10-6-4-5-7-11-16/h8-9,12-16H,4-7,10-11H2,1-3H3,(H,24,26)(H,25,27). The summed E-state index contributed by atoms with van der Waals surface area (Å²) in [5, 5.41) is 6.44. The Morgan fingerprint density at radius 3 is 2.33 bits per heavy atom. The number of rotatable bonds is 4. The molecule has 144 valence electrons. The molecule has 1 aromatic heterocycles. The van der Waals surface area contributed by atoms with Gasteiger partial charge in [-0.05, 0) is 29.9 Å². The van der Waals surface area contributed by atoms with Gasteiger partial charge >= 0.3 is 0 Å². The summed E-state index contributed by atoms with van der Waals surface area (Å²) < 4.78 is 0. The first-order valence-corrected chi connectivity index (χ1v) is 9.93. The fourth-order valence-electron chi connectivity index (χ4n) is 3.58. The fourth-order valence-corrected chi connectivity index (χ4v) is 3.58. The van der Waals surface area contributed by atoms with Crippen molar-refractivity contribution in [2.45, 2.75) is 70.8 Å². The van der Waals surface area contributed by atoms with Gasteiger partial charge in [-0.1, -0.05) is 64.7 Å². The highest BCUT2D eigenvalue weighted by molar-refractivity contribution is 5.92. The van der Waals surface area contributed by atoms with E-state index in [-0.39, 0.29) is 17.4 Å². The van der Waals surface area contributed by atoms with Crippen molar-refractivity contribution in [3.05, 3.63) is 47.9 Å². The van der Waals surface area contributed by atoms with E-state index in [1.54, 1.807) is 12.4 Å². The summed E-state index contributed by atoms with van der Waals surface area (Å²) in [6, 6.07) is 8.45. The molecule has 0 atom stereocenters. The van der Waals surface area contributed by atoms with Gasteiger partial charge in [0.05, 0.1) is 12.4 Å². The van der Waals surface area contributed by atoms with Crippen LogP contribution in [-0.4, -0.2) is 21.9 Å². The third-order valence-electron chi connectivity index (χ3n) is 5.07. The molecular formula is C22H30N4O. The van der Waals surface area contributed by atoms with Crippen LogP contribution in [0.4, 0.5) is 11.5 Å². The average Bonchev–Trinajstić information content (AvgIpc) is 2.90. The molecule has 0 aliphatic heterocycles. The van der Waals surface area contributed by atoms with Gasteiger partial charge in [0, 0.05) is 11.7 Å². The van der Waals surface area contributed by atoms with Crippen molar-refractivity contribution in [1.29, 1.82) is 0 Å². The van der Waals surface area contributed by atoms with E-state index in [1.165, 1.54) is 31.2 Å². The normalized spacial score (nSPS) is 15.8. The Morgan fingerprint density at radius 1 is 1.00 bits per heavy atom. The number of amides is 1. The number of carbonyl (C=O) groups excluding carboxylic acids is 1. The highest BCUT2D eigenvalue weighted by atomic mass is 16.1. The van der Waals surface area contributed by atoms with E-state index < -0.39 is 0 Å². The zero-order valence-electron chi connectivity index (χ0n) is 16.6. The highest BCUT2D eigenvalue weighted by Crippen LogP contribution is 2.30. The summed E-state index contributed by atoms with van der Waals surface area (Å²) in [5.41, 5.74) is 2.61. The minimum Gasteiger partial charge on any atom is -0.348 e. The van der Waals surface area contributed by atoms with Gasteiger partial charge in [-0.15, -0.1) is 0 Å². The zero-order valence-corrected chi connectivity index (χ0v) is 16.6. The molecule has 1 heterocycles. The van der Waals surface area contributed by atoms with Gasteiger partial charge < -0.3 is 10.6 Å². The Morgan fingerprint density at radius 2 is 1.70 bits per heavy atom. The molecule has 1 fully saturated rings. The van der Waals surface area contributed by atoms with Gasteiger partial charge in [0.15, 0.2) is 0 Å². The van der Waals surface area contributed by atoms with Crippen molar-refractivity contribution < 1.29 is 4.79 Å². The minimum absolute atomic E-state index is 0.0234. The Kier molecular flexibility index (Phi) is 6.09. The van der Waals surface area contributed by atoms with Crippen molar-refractivity contribution in [1.82, 2.24) is 15.3 Å². The third-order valence-corrected chi connectivity index (χ3v) is 5.07. The molecule has 5 heteroatoms. The smallest absolute Gasteiger partial charge is 0.271 e. The van der Waals surface area contributed by atoms with Gasteiger partial charge in [-0.25, -0.2) is 9.97 Å². The van der Waals surface area contributed by atoms with E-state index >= 15 is 0 Å². The quantitative estimate of drug-likeness (QED) is 0.750. The second-order valence-corrected chi connectivity index (χ2v) is 8.37. The van der Waals surface area contributed by atoms with Crippen LogP contribution in [0.15, 0.2) is 36.7 Å². The first kappa shape index (κ1) is 19.3. The SMILES string of the molecule is CC(C)(C)c1ccccc1Nc1cnc(C(=O)NC2CCCCCC2)cn1. The number of nitrogens with one attached hydrogen (secondary N) is 2. The summed E-state index contributed by atoms with van der Waals surface area (Å²) >= 11 is 0. The van der Waals surface area contributed by atoms with Crippen molar-refractivity contribution >= 4 is 17.4 Å². The topological polar surface area (TPSA) is 66.9 Å². The van der Waals surface area contributed by atoms with Crippen molar-refractivity contribution in [2.24, 2.45) is 0 Å². The van der Waals surface area contributed by atoms with Crippen LogP contribution in [0, 0.1) is 0 Å². The lowest BCUT2D eigenvalue weighted by Crippen LogP contribution is -2.34. The van der Waals surface area contributed by atoms with Crippen molar-refractivity contribution in [2.75, 3.05) is 5.32 Å². The molecule has 1 saturated carbocycles. The molecule has 0 radical (unpaired) electrons. The number of carbonyl (C=O) groups is 1. The Hall–Kier alpha value is -2.43. The van der Waals surface area contributed by atoms with Crippen LogP contribution in [0.25, 0.3) is 0 Å². The number of benzene rings is 1. The van der Waals surface area contributed by atoms with Gasteiger partial charge in [0.2, 0.25) is 0 Å². The summed E-state index contributed by atoms with van der Waals surface area (Å²) in [7, 11) is 0. The Labute approximate surface area is 162 Å². The molecule has 1 aliphatic rings. The monoisotopic (exact) mass is 366 g/mol. The number of aromatic nitrogens is 2. The molecule has 5 nitrogen and oxygen atoms in total. The van der Waals surface area contributed by atoms with E-state index in [0.29, 0.717) is 11.5 Å². The molecule has 0 bridgehead atoms. The second-order valence-electron chi connectivity index (χ2n) is 8.37. The first-order chi connectivity index (χ1) is 12.9. The largest absolute Gasteiger partial charge is 0.348 e. The van der Waals surface area contributed by atoms with Gasteiger partial charge in [-0.3, -0.25) is 4.79 Å². The molecule has 2 aromatic rings. The number of para-hydroxylation sites is 1. The molecule has 0 unspecified atom stereocenters. The van der Waals surface area contributed by atoms with E-state index in [1.807, 2.05) is 18.2 Å². The number of hydrogen-bond acceptors (Lipinski definition) is 4. The van der Waals surface area contributed by atoms with Crippen LogP contribution in [0.1, 0.15) is 75.3 Å². The summed E-state index contributed by atoms with van der Waals surface area (Å²) in [6.07, 6.45) is 10.2. The van der Waals surface area contributed by atoms with Crippen LogP contribution >= 0.6 is 0 Å². The molecule has 27 heavy (non-hydrogen) atoms. The van der Waals surface area contributed by atoms with Crippen LogP contribution in [-0.2, 0) is 5.41 Å². The summed E-state index contributed by atoms with van der Waals surface area (Å²) in [4.78, 5) is 21.2. The molecule has 1 aliphatic carbocycles. The number of hydrogen-bond donors (Lipinski definition) is 2. The van der Waals surface area contributed by atoms with Gasteiger partial charge in [0.1, 0.15) is 11.5 Å². The average molecular weight is 367 g/mol. The van der Waals surface area contributed by atoms with E-state index in [9.17, 15) is 4.79 Å². The molecule has 3 rings (SSSR count). The van der Waals surface area contributed by atoms with Crippen molar-refractivity contribution in [3.63, 3.8) is 0 Å². The molecule has 0 spiro atoms. The summed E-state index contributed by atoms with van der Waals surface area (Å²) in [5.74, 6) is 0.508. The van der Waals surface area contributed by atoms with Crippen molar-refractivity contribution in [3.8, 4) is 0 Å². The van der Waals surface area contributed by atoms with E-state index in [0.717, 1.165) is 18.5 Å². The van der Waals surface area contributed by atoms with Crippen LogP contribution < -0.4 is 10.6 Å². The second kappa shape index (κ2) is 8.51. The predicted molar refractivity (Wildman–Crippen MR) is 109 cm³/mol. The maximum Gasteiger partial charge on any atom is 0.271 e. The molecular weight excluding hydrogens is 336 g/mol. The molecule has 1 aromatic carbocycles. The maximum absolute atomic E-state index is 12.4. The highest BCUT2D eigenvalue weighted by Gasteiger charge is 2.19. The first-order valence-electron chi connectivity index (χ1n) is 9.93. The van der Waals surface area contributed by atoms with E-state index in [4.69, 9.17) is 0 Å². The van der Waals surface area contributed by atoms with Crippen LogP contribution in [0.3, 0.4) is 0 Å².